The highest BCUT2D eigenvalue weighted by atomic mass is 32.1. The Bertz CT molecular complexity index is 1640. The molecule has 0 radical (unpaired) electrons. The topological polar surface area (TPSA) is 86.0 Å². The monoisotopic (exact) mass is 474 g/mol. The highest BCUT2D eigenvalue weighted by Gasteiger charge is 2.20. The van der Waals surface area contributed by atoms with Crippen LogP contribution in [0.2, 0.25) is 0 Å². The minimum absolute atomic E-state index is 0.171. The number of anilines is 1. The minimum Gasteiger partial charge on any atom is -0.324 e. The number of fused-ring (bicyclic) bond motifs is 3. The molecule has 0 aliphatic rings. The largest absolute Gasteiger partial charge is 0.332 e. The van der Waals surface area contributed by atoms with Crippen molar-refractivity contribution in [1.82, 2.24) is 14.1 Å². The summed E-state index contributed by atoms with van der Waals surface area (Å²) in [5.74, 6) is -0.993. The van der Waals surface area contributed by atoms with Crippen LogP contribution in [-0.4, -0.2) is 20.0 Å². The molecule has 0 spiro atoms. The lowest BCUT2D eigenvalue weighted by atomic mass is 10.1. The van der Waals surface area contributed by atoms with Crippen molar-refractivity contribution in [2.24, 2.45) is 0 Å². The molecule has 1 N–H and O–H groups in total. The number of nitrogens with one attached hydrogen (secondary N) is 1. The lowest BCUT2D eigenvalue weighted by molar-refractivity contribution is -0.116. The van der Waals surface area contributed by atoms with Gasteiger partial charge in [0.1, 0.15) is 21.9 Å². The van der Waals surface area contributed by atoms with E-state index in [0.29, 0.717) is 26.9 Å². The van der Waals surface area contributed by atoms with Gasteiger partial charge in [0.05, 0.1) is 5.52 Å². The summed E-state index contributed by atoms with van der Waals surface area (Å²) < 4.78 is 16.4. The van der Waals surface area contributed by atoms with Crippen molar-refractivity contribution in [2.45, 2.75) is 19.5 Å². The highest BCUT2D eigenvalue weighted by molar-refractivity contribution is 7.25. The summed E-state index contributed by atoms with van der Waals surface area (Å²) in [5.41, 5.74) is 0.673. The van der Waals surface area contributed by atoms with Gasteiger partial charge in [-0.05, 0) is 42.3 Å². The van der Waals surface area contributed by atoms with Crippen LogP contribution in [0.5, 0.6) is 0 Å². The number of rotatable bonds is 6. The molecule has 0 atom stereocenters. The Morgan fingerprint density at radius 2 is 1.82 bits per heavy atom. The Hall–Kier alpha value is -4.11. The lowest BCUT2D eigenvalue weighted by Gasteiger charge is -2.13. The predicted molar refractivity (Wildman–Crippen MR) is 131 cm³/mol. The van der Waals surface area contributed by atoms with Gasteiger partial charge in [-0.2, -0.15) is 0 Å². The predicted octanol–water partition coefficient (Wildman–Crippen LogP) is 3.79. The van der Waals surface area contributed by atoms with Gasteiger partial charge in [-0.1, -0.05) is 36.4 Å². The molecule has 7 nitrogen and oxygen atoms in total. The summed E-state index contributed by atoms with van der Waals surface area (Å²) in [5, 5.41) is 3.25. The SMILES string of the molecule is O=C(Cn1c(=O)n(CCc2ccccc2)c(=O)c2sc3ncccc3c21)Nc1cccc(F)c1. The molecule has 0 aliphatic carbocycles. The zero-order valence-electron chi connectivity index (χ0n) is 17.9. The van der Waals surface area contributed by atoms with Crippen molar-refractivity contribution in [1.29, 1.82) is 0 Å². The zero-order chi connectivity index (χ0) is 23.7. The average molecular weight is 475 g/mol. The quantitative estimate of drug-likeness (QED) is 0.406. The average Bonchev–Trinajstić information content (AvgIpc) is 3.22. The van der Waals surface area contributed by atoms with Crippen molar-refractivity contribution in [3.8, 4) is 0 Å². The van der Waals surface area contributed by atoms with E-state index in [0.717, 1.165) is 5.56 Å². The number of aryl methyl sites for hydroxylation is 1. The summed E-state index contributed by atoms with van der Waals surface area (Å²) in [7, 11) is 0. The van der Waals surface area contributed by atoms with Crippen LogP contribution in [0.3, 0.4) is 0 Å². The van der Waals surface area contributed by atoms with E-state index >= 15 is 0 Å². The highest BCUT2D eigenvalue weighted by Crippen LogP contribution is 2.29. The van der Waals surface area contributed by atoms with E-state index < -0.39 is 23.0 Å². The number of halogens is 1. The standard InChI is InChI=1S/C25H19FN4O3S/c26-17-8-4-9-18(14-17)28-20(31)15-30-21-19-10-5-12-27-23(19)34-22(21)24(32)29(25(30)33)13-11-16-6-2-1-3-7-16/h1-10,12,14H,11,13,15H2,(H,28,31). The molecule has 0 fully saturated rings. The molecular formula is C25H19FN4O3S. The van der Waals surface area contributed by atoms with E-state index in [1.165, 1.54) is 38.7 Å². The van der Waals surface area contributed by atoms with Crippen LogP contribution < -0.4 is 16.6 Å². The van der Waals surface area contributed by atoms with Crippen LogP contribution in [0.25, 0.3) is 20.4 Å². The van der Waals surface area contributed by atoms with Crippen LogP contribution >= 0.6 is 11.3 Å². The molecule has 34 heavy (non-hydrogen) atoms. The summed E-state index contributed by atoms with van der Waals surface area (Å²) in [6, 6.07) is 18.6. The number of pyridine rings is 1. The Labute approximate surface area is 196 Å². The first-order valence-corrected chi connectivity index (χ1v) is 11.4. The van der Waals surface area contributed by atoms with Crippen molar-refractivity contribution >= 4 is 43.4 Å². The molecule has 170 valence electrons. The lowest BCUT2D eigenvalue weighted by Crippen LogP contribution is -2.41. The number of amides is 1. The first-order valence-electron chi connectivity index (χ1n) is 10.6. The maximum atomic E-state index is 13.5. The summed E-state index contributed by atoms with van der Waals surface area (Å²) in [6.07, 6.45) is 2.10. The second kappa shape index (κ2) is 9.03. The first kappa shape index (κ1) is 21.7. The van der Waals surface area contributed by atoms with Crippen LogP contribution in [0.15, 0.2) is 82.5 Å². The van der Waals surface area contributed by atoms with Gasteiger partial charge >= 0.3 is 5.69 Å². The number of hydrogen-bond acceptors (Lipinski definition) is 5. The van der Waals surface area contributed by atoms with Gasteiger partial charge in [-0.15, -0.1) is 11.3 Å². The van der Waals surface area contributed by atoms with Gasteiger partial charge < -0.3 is 5.32 Å². The Morgan fingerprint density at radius 3 is 2.62 bits per heavy atom. The molecule has 1 amide bonds. The normalized spacial score (nSPS) is 11.2. The minimum atomic E-state index is -0.577. The molecule has 2 aromatic carbocycles. The maximum Gasteiger partial charge on any atom is 0.332 e. The fourth-order valence-corrected chi connectivity index (χ4v) is 5.02. The molecular weight excluding hydrogens is 455 g/mol. The molecule has 0 unspecified atom stereocenters. The summed E-state index contributed by atoms with van der Waals surface area (Å²) >= 11 is 1.19. The molecule has 0 bridgehead atoms. The number of carbonyl (C=O) groups is 1. The van der Waals surface area contributed by atoms with Crippen molar-refractivity contribution in [3.05, 3.63) is 105 Å². The molecule has 0 saturated heterocycles. The van der Waals surface area contributed by atoms with Crippen molar-refractivity contribution in [2.75, 3.05) is 5.32 Å². The van der Waals surface area contributed by atoms with E-state index in [1.54, 1.807) is 24.4 Å². The van der Waals surface area contributed by atoms with Crippen molar-refractivity contribution in [3.63, 3.8) is 0 Å². The van der Waals surface area contributed by atoms with Crippen LogP contribution in [0.4, 0.5) is 10.1 Å². The van der Waals surface area contributed by atoms with Gasteiger partial charge in [0.15, 0.2) is 0 Å². The van der Waals surface area contributed by atoms with E-state index in [1.807, 2.05) is 30.3 Å². The number of nitrogens with zero attached hydrogens (tertiary/aromatic N) is 3. The fourth-order valence-electron chi connectivity index (χ4n) is 3.92. The van der Waals surface area contributed by atoms with Gasteiger partial charge in [-0.25, -0.2) is 14.2 Å². The van der Waals surface area contributed by atoms with Crippen LogP contribution in [0.1, 0.15) is 5.56 Å². The third kappa shape index (κ3) is 4.13. The van der Waals surface area contributed by atoms with E-state index in [9.17, 15) is 18.8 Å². The van der Waals surface area contributed by atoms with E-state index in [4.69, 9.17) is 0 Å². The third-order valence-corrected chi connectivity index (χ3v) is 6.58. The molecule has 3 heterocycles. The van der Waals surface area contributed by atoms with Gasteiger partial charge in [0, 0.05) is 23.8 Å². The molecule has 0 aliphatic heterocycles. The van der Waals surface area contributed by atoms with Gasteiger partial charge in [0.2, 0.25) is 5.91 Å². The Balaban J connectivity index is 1.60. The second-order valence-electron chi connectivity index (χ2n) is 7.76. The zero-order valence-corrected chi connectivity index (χ0v) is 18.7. The molecule has 3 aromatic heterocycles. The number of hydrogen-bond donors (Lipinski definition) is 1. The van der Waals surface area contributed by atoms with Gasteiger partial charge in [-0.3, -0.25) is 18.7 Å². The molecule has 0 saturated carbocycles. The van der Waals surface area contributed by atoms with E-state index in [2.05, 4.69) is 10.3 Å². The number of carbonyl (C=O) groups excluding carboxylic acids is 1. The number of benzene rings is 2. The smallest absolute Gasteiger partial charge is 0.324 e. The summed E-state index contributed by atoms with van der Waals surface area (Å²) in [6.45, 7) is -0.164. The fraction of sp³-hybridized carbons (Fsp3) is 0.120. The van der Waals surface area contributed by atoms with Gasteiger partial charge in [0.25, 0.3) is 5.56 Å². The van der Waals surface area contributed by atoms with Crippen molar-refractivity contribution < 1.29 is 9.18 Å². The second-order valence-corrected chi connectivity index (χ2v) is 8.75. The first-order chi connectivity index (χ1) is 16.5. The van der Waals surface area contributed by atoms with E-state index in [-0.39, 0.29) is 18.8 Å². The number of aromatic nitrogens is 3. The molecule has 5 aromatic rings. The third-order valence-electron chi connectivity index (χ3n) is 5.49. The number of thiophene rings is 1. The maximum absolute atomic E-state index is 13.5. The van der Waals surface area contributed by atoms with Crippen LogP contribution in [-0.2, 0) is 24.3 Å². The molecule has 5 rings (SSSR count). The van der Waals surface area contributed by atoms with Crippen LogP contribution in [0, 0.1) is 5.82 Å². The Morgan fingerprint density at radius 1 is 1.00 bits per heavy atom. The molecule has 9 heteroatoms. The Kier molecular flexibility index (Phi) is 5.77. The summed E-state index contributed by atoms with van der Waals surface area (Å²) in [4.78, 5) is 44.5.